The Kier molecular flexibility index (Phi) is 4.02. The third-order valence-electron chi connectivity index (χ3n) is 2.89. The lowest BCUT2D eigenvalue weighted by Gasteiger charge is -2.08. The highest BCUT2D eigenvalue weighted by Gasteiger charge is 2.14. The molecule has 4 heteroatoms. The number of hydrogen-bond acceptors (Lipinski definition) is 3. The molecule has 1 aromatic heterocycles. The summed E-state index contributed by atoms with van der Waals surface area (Å²) in [6.07, 6.45) is 0. The van der Waals surface area contributed by atoms with E-state index >= 15 is 0 Å². The van der Waals surface area contributed by atoms with E-state index in [-0.39, 0.29) is 24.3 Å². The van der Waals surface area contributed by atoms with Crippen molar-refractivity contribution in [2.24, 2.45) is 0 Å². The van der Waals surface area contributed by atoms with Crippen LogP contribution in [0.5, 0.6) is 0 Å². The second kappa shape index (κ2) is 5.71. The number of benzene rings is 1. The third-order valence-corrected chi connectivity index (χ3v) is 2.89. The summed E-state index contributed by atoms with van der Waals surface area (Å²) < 4.78 is 5.56. The summed E-state index contributed by atoms with van der Waals surface area (Å²) in [6.45, 7) is 3.62. The van der Waals surface area contributed by atoms with Crippen molar-refractivity contribution in [2.75, 3.05) is 6.61 Å². The number of aliphatic hydroxyl groups is 1. The van der Waals surface area contributed by atoms with Gasteiger partial charge in [0.25, 0.3) is 5.91 Å². The van der Waals surface area contributed by atoms with Crippen LogP contribution >= 0.6 is 0 Å². The van der Waals surface area contributed by atoms with Gasteiger partial charge in [-0.1, -0.05) is 24.3 Å². The number of hydrogen-bond donors (Lipinski definition) is 2. The van der Waals surface area contributed by atoms with Crippen molar-refractivity contribution in [1.29, 1.82) is 0 Å². The quantitative estimate of drug-likeness (QED) is 0.886. The first kappa shape index (κ1) is 13.4. The number of nitrogens with one attached hydrogen (secondary N) is 1. The lowest BCUT2D eigenvalue weighted by atomic mass is 10.1. The molecule has 1 atom stereocenters. The van der Waals surface area contributed by atoms with Crippen molar-refractivity contribution < 1.29 is 14.3 Å². The molecule has 0 spiro atoms. The van der Waals surface area contributed by atoms with E-state index in [1.165, 1.54) is 0 Å². The Morgan fingerprint density at radius 1 is 1.32 bits per heavy atom. The van der Waals surface area contributed by atoms with Crippen LogP contribution in [0.3, 0.4) is 0 Å². The van der Waals surface area contributed by atoms with Gasteiger partial charge in [0.1, 0.15) is 5.76 Å². The van der Waals surface area contributed by atoms with Gasteiger partial charge in [-0.15, -0.1) is 0 Å². The molecule has 0 saturated carbocycles. The summed E-state index contributed by atoms with van der Waals surface area (Å²) in [7, 11) is 0. The molecule has 1 heterocycles. The third kappa shape index (κ3) is 3.03. The second-order valence-corrected chi connectivity index (χ2v) is 4.54. The molecule has 0 aliphatic rings. The zero-order valence-corrected chi connectivity index (χ0v) is 11.0. The fraction of sp³-hybridized carbons (Fsp3) is 0.267. The molecule has 0 saturated heterocycles. The van der Waals surface area contributed by atoms with E-state index in [9.17, 15) is 4.79 Å². The maximum atomic E-state index is 11.8. The molecule has 1 unspecified atom stereocenters. The van der Waals surface area contributed by atoms with Crippen LogP contribution in [0.1, 0.15) is 23.0 Å². The van der Waals surface area contributed by atoms with Gasteiger partial charge in [0.2, 0.25) is 0 Å². The van der Waals surface area contributed by atoms with E-state index in [0.29, 0.717) is 5.76 Å². The van der Waals surface area contributed by atoms with Gasteiger partial charge >= 0.3 is 0 Å². The molecule has 19 heavy (non-hydrogen) atoms. The number of aryl methyl sites for hydroxylation is 1. The van der Waals surface area contributed by atoms with E-state index in [1.807, 2.05) is 31.2 Å². The largest absolute Gasteiger partial charge is 0.451 e. The molecule has 1 amide bonds. The Morgan fingerprint density at radius 2 is 2.05 bits per heavy atom. The lowest BCUT2D eigenvalue weighted by molar-refractivity contribution is 0.0895. The Labute approximate surface area is 112 Å². The van der Waals surface area contributed by atoms with Gasteiger partial charge in [-0.3, -0.25) is 4.79 Å². The summed E-state index contributed by atoms with van der Waals surface area (Å²) in [5, 5.41) is 11.5. The normalized spacial score (nSPS) is 12.2. The zero-order chi connectivity index (χ0) is 13.8. The number of furan rings is 1. The molecular formula is C15H17NO3. The van der Waals surface area contributed by atoms with Crippen molar-refractivity contribution >= 4 is 5.91 Å². The summed E-state index contributed by atoms with van der Waals surface area (Å²) in [5.74, 6) is 0.597. The Bertz CT molecular complexity index is 574. The average molecular weight is 259 g/mol. The van der Waals surface area contributed by atoms with Crippen LogP contribution in [0.25, 0.3) is 11.3 Å². The molecule has 1 aromatic carbocycles. The first-order chi connectivity index (χ1) is 9.11. The zero-order valence-electron chi connectivity index (χ0n) is 11.0. The van der Waals surface area contributed by atoms with Crippen molar-refractivity contribution in [1.82, 2.24) is 5.32 Å². The Balaban J connectivity index is 2.20. The second-order valence-electron chi connectivity index (χ2n) is 4.54. The van der Waals surface area contributed by atoms with E-state index in [4.69, 9.17) is 9.52 Å². The molecule has 0 aliphatic carbocycles. The highest BCUT2D eigenvalue weighted by Crippen LogP contribution is 2.25. The first-order valence-electron chi connectivity index (χ1n) is 6.19. The average Bonchev–Trinajstić information content (AvgIpc) is 2.88. The monoisotopic (exact) mass is 259 g/mol. The van der Waals surface area contributed by atoms with Gasteiger partial charge < -0.3 is 14.8 Å². The summed E-state index contributed by atoms with van der Waals surface area (Å²) in [4.78, 5) is 11.8. The van der Waals surface area contributed by atoms with Gasteiger partial charge in [0.15, 0.2) is 5.76 Å². The van der Waals surface area contributed by atoms with Crippen LogP contribution < -0.4 is 5.32 Å². The first-order valence-corrected chi connectivity index (χ1v) is 6.19. The van der Waals surface area contributed by atoms with Crippen LogP contribution in [0.15, 0.2) is 40.8 Å². The molecule has 100 valence electrons. The molecule has 0 radical (unpaired) electrons. The fourth-order valence-electron chi connectivity index (χ4n) is 1.79. The van der Waals surface area contributed by atoms with E-state index < -0.39 is 0 Å². The van der Waals surface area contributed by atoms with Crippen molar-refractivity contribution in [3.8, 4) is 11.3 Å². The van der Waals surface area contributed by atoms with Crippen molar-refractivity contribution in [3.05, 3.63) is 47.7 Å². The maximum absolute atomic E-state index is 11.8. The number of carbonyl (C=O) groups is 1. The van der Waals surface area contributed by atoms with Gasteiger partial charge in [-0.2, -0.15) is 0 Å². The molecule has 0 fully saturated rings. The topological polar surface area (TPSA) is 62.5 Å². The smallest absolute Gasteiger partial charge is 0.287 e. The predicted molar refractivity (Wildman–Crippen MR) is 72.9 cm³/mol. The van der Waals surface area contributed by atoms with Crippen LogP contribution in [0.4, 0.5) is 0 Å². The number of rotatable bonds is 4. The SMILES string of the molecule is Cc1ccccc1-c1ccc(C(=O)NC(C)CO)o1. The van der Waals surface area contributed by atoms with Gasteiger partial charge in [-0.05, 0) is 31.5 Å². The van der Waals surface area contributed by atoms with Crippen LogP contribution in [0, 0.1) is 6.92 Å². The Morgan fingerprint density at radius 3 is 2.74 bits per heavy atom. The van der Waals surface area contributed by atoms with Crippen LogP contribution in [-0.4, -0.2) is 23.7 Å². The number of aliphatic hydroxyl groups excluding tert-OH is 1. The summed E-state index contributed by atoms with van der Waals surface area (Å²) in [6, 6.07) is 11.0. The van der Waals surface area contributed by atoms with Crippen molar-refractivity contribution in [3.63, 3.8) is 0 Å². The molecular weight excluding hydrogens is 242 g/mol. The molecule has 4 nitrogen and oxygen atoms in total. The molecule has 2 rings (SSSR count). The summed E-state index contributed by atoms with van der Waals surface area (Å²) in [5.41, 5.74) is 2.06. The minimum atomic E-state index is -0.318. The van der Waals surface area contributed by atoms with Crippen LogP contribution in [0.2, 0.25) is 0 Å². The number of carbonyl (C=O) groups excluding carboxylic acids is 1. The van der Waals surface area contributed by atoms with Gasteiger partial charge in [0.05, 0.1) is 6.61 Å². The fourth-order valence-corrected chi connectivity index (χ4v) is 1.79. The Hall–Kier alpha value is -2.07. The maximum Gasteiger partial charge on any atom is 0.287 e. The molecule has 0 aliphatic heterocycles. The van der Waals surface area contributed by atoms with E-state index in [1.54, 1.807) is 19.1 Å². The minimum absolute atomic E-state index is 0.100. The van der Waals surface area contributed by atoms with Crippen LogP contribution in [-0.2, 0) is 0 Å². The predicted octanol–water partition coefficient (Wildman–Crippen LogP) is 2.37. The van der Waals surface area contributed by atoms with Gasteiger partial charge in [0, 0.05) is 11.6 Å². The number of amides is 1. The highest BCUT2D eigenvalue weighted by molar-refractivity contribution is 5.92. The minimum Gasteiger partial charge on any atom is -0.451 e. The summed E-state index contributed by atoms with van der Waals surface area (Å²) >= 11 is 0. The molecule has 0 bridgehead atoms. The molecule has 2 aromatic rings. The van der Waals surface area contributed by atoms with Crippen molar-refractivity contribution in [2.45, 2.75) is 19.9 Å². The standard InChI is InChI=1S/C15H17NO3/c1-10-5-3-4-6-12(10)13-7-8-14(19-13)15(18)16-11(2)9-17/h3-8,11,17H,9H2,1-2H3,(H,16,18). The molecule has 2 N–H and O–H groups in total. The van der Waals surface area contributed by atoms with E-state index in [2.05, 4.69) is 5.32 Å². The highest BCUT2D eigenvalue weighted by atomic mass is 16.4. The van der Waals surface area contributed by atoms with E-state index in [0.717, 1.165) is 11.1 Å². The van der Waals surface area contributed by atoms with Gasteiger partial charge in [-0.25, -0.2) is 0 Å². The lowest BCUT2D eigenvalue weighted by Crippen LogP contribution is -2.34.